The SMILES string of the molecule is COC(=O)CCC(N)c1cnn(CC(C)C)c1. The van der Waals surface area contributed by atoms with Gasteiger partial charge in [-0.25, -0.2) is 0 Å². The number of methoxy groups -OCH3 is 1. The van der Waals surface area contributed by atoms with Crippen LogP contribution in [0.25, 0.3) is 0 Å². The summed E-state index contributed by atoms with van der Waals surface area (Å²) < 4.78 is 6.47. The molecule has 1 aromatic rings. The molecule has 0 saturated heterocycles. The number of carbonyl (C=O) groups is 1. The molecule has 0 radical (unpaired) electrons. The summed E-state index contributed by atoms with van der Waals surface area (Å²) in [5, 5.41) is 4.25. The minimum absolute atomic E-state index is 0.157. The van der Waals surface area contributed by atoms with Crippen molar-refractivity contribution in [3.8, 4) is 0 Å². The summed E-state index contributed by atoms with van der Waals surface area (Å²) in [6.45, 7) is 5.15. The van der Waals surface area contributed by atoms with E-state index in [4.69, 9.17) is 5.73 Å². The first-order valence-corrected chi connectivity index (χ1v) is 5.87. The first-order chi connectivity index (χ1) is 8.02. The van der Waals surface area contributed by atoms with Crippen LogP contribution >= 0.6 is 0 Å². The third-order valence-electron chi connectivity index (χ3n) is 2.52. The van der Waals surface area contributed by atoms with E-state index in [0.717, 1.165) is 12.1 Å². The molecule has 0 aliphatic heterocycles. The second kappa shape index (κ2) is 6.39. The maximum absolute atomic E-state index is 11.0. The molecule has 1 rings (SSSR count). The highest BCUT2D eigenvalue weighted by Crippen LogP contribution is 2.15. The first kappa shape index (κ1) is 13.7. The lowest BCUT2D eigenvalue weighted by Crippen LogP contribution is -2.12. The van der Waals surface area contributed by atoms with Gasteiger partial charge in [0.25, 0.3) is 0 Å². The summed E-state index contributed by atoms with van der Waals surface area (Å²) >= 11 is 0. The Labute approximate surface area is 102 Å². The third kappa shape index (κ3) is 4.56. The Bertz CT molecular complexity index is 360. The van der Waals surface area contributed by atoms with Crippen LogP contribution in [0.4, 0.5) is 0 Å². The van der Waals surface area contributed by atoms with Gasteiger partial charge in [-0.2, -0.15) is 5.10 Å². The van der Waals surface area contributed by atoms with Gasteiger partial charge in [0.1, 0.15) is 0 Å². The number of aromatic nitrogens is 2. The van der Waals surface area contributed by atoms with Gasteiger partial charge in [0.15, 0.2) is 0 Å². The number of ether oxygens (including phenoxy) is 1. The summed E-state index contributed by atoms with van der Waals surface area (Å²) in [5.41, 5.74) is 6.95. The predicted octanol–water partition coefficient (Wildman–Crippen LogP) is 1.49. The van der Waals surface area contributed by atoms with Gasteiger partial charge in [-0.3, -0.25) is 9.48 Å². The minimum Gasteiger partial charge on any atom is -0.469 e. The molecule has 0 spiro atoms. The topological polar surface area (TPSA) is 70.1 Å². The molecular weight excluding hydrogens is 218 g/mol. The van der Waals surface area contributed by atoms with Crippen LogP contribution in [0.15, 0.2) is 12.4 Å². The van der Waals surface area contributed by atoms with E-state index < -0.39 is 0 Å². The van der Waals surface area contributed by atoms with E-state index in [9.17, 15) is 4.79 Å². The van der Waals surface area contributed by atoms with Crippen LogP contribution in [0.3, 0.4) is 0 Å². The molecular formula is C12H21N3O2. The summed E-state index contributed by atoms with van der Waals surface area (Å²) in [4.78, 5) is 11.0. The molecule has 96 valence electrons. The average molecular weight is 239 g/mol. The van der Waals surface area contributed by atoms with Crippen molar-refractivity contribution in [1.82, 2.24) is 9.78 Å². The smallest absolute Gasteiger partial charge is 0.305 e. The Balaban J connectivity index is 2.48. The highest BCUT2D eigenvalue weighted by Gasteiger charge is 2.11. The fraction of sp³-hybridized carbons (Fsp3) is 0.667. The molecule has 0 amide bonds. The Morgan fingerprint density at radius 3 is 2.88 bits per heavy atom. The van der Waals surface area contributed by atoms with Crippen molar-refractivity contribution in [3.05, 3.63) is 18.0 Å². The van der Waals surface area contributed by atoms with Crippen LogP contribution in [0.1, 0.15) is 38.3 Å². The van der Waals surface area contributed by atoms with Gasteiger partial charge in [0.05, 0.1) is 13.3 Å². The van der Waals surface area contributed by atoms with E-state index in [0.29, 0.717) is 18.8 Å². The lowest BCUT2D eigenvalue weighted by Gasteiger charge is -2.08. The van der Waals surface area contributed by atoms with Crippen LogP contribution in [0.2, 0.25) is 0 Å². The Morgan fingerprint density at radius 1 is 1.59 bits per heavy atom. The van der Waals surface area contributed by atoms with E-state index in [1.54, 1.807) is 6.20 Å². The van der Waals surface area contributed by atoms with Crippen molar-refractivity contribution in [2.75, 3.05) is 7.11 Å². The molecule has 1 heterocycles. The highest BCUT2D eigenvalue weighted by molar-refractivity contribution is 5.69. The second-order valence-electron chi connectivity index (χ2n) is 4.61. The van der Waals surface area contributed by atoms with E-state index in [-0.39, 0.29) is 12.0 Å². The molecule has 0 aliphatic carbocycles. The number of nitrogens with zero attached hydrogens (tertiary/aromatic N) is 2. The van der Waals surface area contributed by atoms with Crippen molar-refractivity contribution in [2.24, 2.45) is 11.7 Å². The molecule has 1 unspecified atom stereocenters. The van der Waals surface area contributed by atoms with Crippen molar-refractivity contribution < 1.29 is 9.53 Å². The van der Waals surface area contributed by atoms with Gasteiger partial charge in [-0.1, -0.05) is 13.8 Å². The molecule has 0 bridgehead atoms. The molecule has 5 nitrogen and oxygen atoms in total. The van der Waals surface area contributed by atoms with Crippen molar-refractivity contribution in [3.63, 3.8) is 0 Å². The molecule has 17 heavy (non-hydrogen) atoms. The molecule has 2 N–H and O–H groups in total. The van der Waals surface area contributed by atoms with Crippen LogP contribution in [-0.4, -0.2) is 22.9 Å². The Kier molecular flexibility index (Phi) is 5.15. The maximum Gasteiger partial charge on any atom is 0.305 e. The van der Waals surface area contributed by atoms with Gasteiger partial charge < -0.3 is 10.5 Å². The normalized spacial score (nSPS) is 12.8. The molecule has 0 aromatic carbocycles. The summed E-state index contributed by atoms with van der Waals surface area (Å²) in [5.74, 6) is 0.323. The Hall–Kier alpha value is -1.36. The number of rotatable bonds is 6. The van der Waals surface area contributed by atoms with Gasteiger partial charge in [-0.05, 0) is 12.3 Å². The first-order valence-electron chi connectivity index (χ1n) is 5.87. The molecule has 0 saturated carbocycles. The zero-order valence-corrected chi connectivity index (χ0v) is 10.7. The zero-order chi connectivity index (χ0) is 12.8. The van der Waals surface area contributed by atoms with E-state index in [1.165, 1.54) is 7.11 Å². The molecule has 1 aromatic heterocycles. The lowest BCUT2D eigenvalue weighted by atomic mass is 10.1. The average Bonchev–Trinajstić information content (AvgIpc) is 2.72. The molecule has 5 heteroatoms. The van der Waals surface area contributed by atoms with Gasteiger partial charge in [0.2, 0.25) is 0 Å². The third-order valence-corrected chi connectivity index (χ3v) is 2.52. The molecule has 1 atom stereocenters. The fourth-order valence-corrected chi connectivity index (χ4v) is 1.59. The van der Waals surface area contributed by atoms with Gasteiger partial charge >= 0.3 is 5.97 Å². The number of hydrogen-bond acceptors (Lipinski definition) is 4. The number of esters is 1. The second-order valence-corrected chi connectivity index (χ2v) is 4.61. The quantitative estimate of drug-likeness (QED) is 0.764. The molecule has 0 aliphatic rings. The largest absolute Gasteiger partial charge is 0.469 e. The number of hydrogen-bond donors (Lipinski definition) is 1. The Morgan fingerprint density at radius 2 is 2.29 bits per heavy atom. The van der Waals surface area contributed by atoms with Crippen LogP contribution in [-0.2, 0) is 16.1 Å². The van der Waals surface area contributed by atoms with Crippen LogP contribution in [0.5, 0.6) is 0 Å². The monoisotopic (exact) mass is 239 g/mol. The summed E-state index contributed by atoms with van der Waals surface area (Å²) in [7, 11) is 1.38. The highest BCUT2D eigenvalue weighted by atomic mass is 16.5. The van der Waals surface area contributed by atoms with Crippen molar-refractivity contribution in [1.29, 1.82) is 0 Å². The maximum atomic E-state index is 11.0. The van der Waals surface area contributed by atoms with Crippen molar-refractivity contribution in [2.45, 2.75) is 39.3 Å². The van der Waals surface area contributed by atoms with E-state index >= 15 is 0 Å². The number of carbonyl (C=O) groups excluding carboxylic acids is 1. The summed E-state index contributed by atoms with van der Waals surface area (Å²) in [6.07, 6.45) is 4.64. The zero-order valence-electron chi connectivity index (χ0n) is 10.7. The van der Waals surface area contributed by atoms with Crippen LogP contribution < -0.4 is 5.73 Å². The summed E-state index contributed by atoms with van der Waals surface area (Å²) in [6, 6.07) is -0.157. The van der Waals surface area contributed by atoms with Crippen LogP contribution in [0, 0.1) is 5.92 Å². The lowest BCUT2D eigenvalue weighted by molar-refractivity contribution is -0.140. The van der Waals surface area contributed by atoms with Crippen molar-refractivity contribution >= 4 is 5.97 Å². The van der Waals surface area contributed by atoms with Gasteiger partial charge in [-0.15, -0.1) is 0 Å². The standard InChI is InChI=1S/C12H21N3O2/c1-9(2)7-15-8-10(6-14-15)11(13)4-5-12(16)17-3/h6,8-9,11H,4-5,7,13H2,1-3H3. The number of nitrogens with two attached hydrogens (primary N) is 1. The minimum atomic E-state index is -0.227. The van der Waals surface area contributed by atoms with E-state index in [1.807, 2.05) is 10.9 Å². The molecule has 0 fully saturated rings. The van der Waals surface area contributed by atoms with E-state index in [2.05, 4.69) is 23.7 Å². The van der Waals surface area contributed by atoms with Gasteiger partial charge in [0, 0.05) is 30.8 Å². The predicted molar refractivity (Wildman–Crippen MR) is 65.2 cm³/mol. The fourth-order valence-electron chi connectivity index (χ4n) is 1.59.